The van der Waals surface area contributed by atoms with E-state index in [1.54, 1.807) is 12.2 Å². The fourth-order valence-electron chi connectivity index (χ4n) is 2.34. The van der Waals surface area contributed by atoms with E-state index >= 15 is 0 Å². The molecule has 6 atom stereocenters. The first-order valence-electron chi connectivity index (χ1n) is 7.99. The summed E-state index contributed by atoms with van der Waals surface area (Å²) in [5.41, 5.74) is 3.76. The van der Waals surface area contributed by atoms with Crippen LogP contribution in [0.2, 0.25) is 0 Å². The minimum Gasteiger partial charge on any atom is -0.550 e. The number of aliphatic carboxylic acids is 1. The first-order chi connectivity index (χ1) is 10.3. The van der Waals surface area contributed by atoms with Gasteiger partial charge in [0, 0.05) is 17.9 Å². The average Bonchev–Trinajstić information content (AvgIpc) is 3.07. The van der Waals surface area contributed by atoms with Crippen LogP contribution in [0.1, 0.15) is 40.5 Å². The van der Waals surface area contributed by atoms with Gasteiger partial charge in [-0.2, -0.15) is 0 Å². The van der Waals surface area contributed by atoms with Gasteiger partial charge in [-0.1, -0.05) is 26.0 Å². The highest BCUT2D eigenvalue weighted by atomic mass is 16.5. The van der Waals surface area contributed by atoms with Crippen LogP contribution in [0.4, 0.5) is 0 Å². The van der Waals surface area contributed by atoms with Crippen molar-refractivity contribution in [3.05, 3.63) is 12.2 Å². The molecule has 2 heterocycles. The fraction of sp³-hybridized carbons (Fsp3) is 0.750. The van der Waals surface area contributed by atoms with Crippen molar-refractivity contribution in [3.63, 3.8) is 0 Å². The van der Waals surface area contributed by atoms with Gasteiger partial charge in [0.15, 0.2) is 0 Å². The van der Waals surface area contributed by atoms with Crippen LogP contribution < -0.4 is 16.2 Å². The number of amides is 1. The number of nitrogens with one attached hydrogen (secondary N) is 1. The van der Waals surface area contributed by atoms with Gasteiger partial charge in [0.25, 0.3) is 0 Å². The van der Waals surface area contributed by atoms with E-state index in [4.69, 9.17) is 4.74 Å². The maximum absolute atomic E-state index is 12.0. The lowest BCUT2D eigenvalue weighted by molar-refractivity contribution is -0.414. The molecule has 0 radical (unpaired) electrons. The maximum atomic E-state index is 12.0. The fourth-order valence-corrected chi connectivity index (χ4v) is 2.34. The molecule has 1 fully saturated rings. The number of fused-ring (bicyclic) bond motifs is 2. The molecule has 0 aromatic rings. The van der Waals surface area contributed by atoms with Crippen molar-refractivity contribution in [2.75, 3.05) is 0 Å². The topological polar surface area (TPSA) is 106 Å². The summed E-state index contributed by atoms with van der Waals surface area (Å²) in [7, 11) is 0. The zero-order chi connectivity index (χ0) is 16.9. The molecule has 0 aromatic heterocycles. The van der Waals surface area contributed by atoms with E-state index in [0.29, 0.717) is 6.04 Å². The van der Waals surface area contributed by atoms with Gasteiger partial charge in [-0.25, -0.2) is 0 Å². The van der Waals surface area contributed by atoms with Gasteiger partial charge in [0.1, 0.15) is 0 Å². The Morgan fingerprint density at radius 1 is 1.18 bits per heavy atom. The molecule has 6 unspecified atom stereocenters. The number of rotatable bonds is 5. The molecule has 0 aromatic carbocycles. The lowest BCUT2D eigenvalue weighted by atomic mass is 9.82. The Balaban J connectivity index is 0.000000422. The number of carbonyl (C=O) groups is 2. The van der Waals surface area contributed by atoms with Gasteiger partial charge >= 0.3 is 0 Å². The summed E-state index contributed by atoms with van der Waals surface area (Å²) in [6, 6.07) is 0.669. The van der Waals surface area contributed by atoms with Crippen molar-refractivity contribution >= 4 is 11.9 Å². The smallest absolute Gasteiger partial charge is 0.227 e. The second-order valence-electron chi connectivity index (χ2n) is 6.15. The Morgan fingerprint density at radius 3 is 2.09 bits per heavy atom. The molecule has 4 N–H and O–H groups in total. The van der Waals surface area contributed by atoms with Crippen molar-refractivity contribution in [3.8, 4) is 0 Å². The molecule has 0 aliphatic carbocycles. The van der Waals surface area contributed by atoms with Gasteiger partial charge in [0.05, 0.1) is 24.2 Å². The predicted molar refractivity (Wildman–Crippen MR) is 80.3 cm³/mol. The van der Waals surface area contributed by atoms with Crippen LogP contribution in [0.5, 0.6) is 0 Å². The monoisotopic (exact) mass is 312 g/mol. The molecule has 6 nitrogen and oxygen atoms in total. The molecule has 0 saturated carbocycles. The molecule has 126 valence electrons. The molecule has 2 bridgehead atoms. The lowest BCUT2D eigenvalue weighted by Gasteiger charge is -2.26. The molecule has 2 aliphatic rings. The van der Waals surface area contributed by atoms with E-state index < -0.39 is 30.0 Å². The molecule has 2 rings (SSSR count). The van der Waals surface area contributed by atoms with Crippen LogP contribution in [-0.2, 0) is 14.3 Å². The van der Waals surface area contributed by atoms with Gasteiger partial charge in [-0.05, 0) is 26.7 Å². The van der Waals surface area contributed by atoms with Crippen LogP contribution in [0, 0.1) is 11.8 Å². The summed E-state index contributed by atoms with van der Waals surface area (Å²) in [6.45, 7) is 8.09. The van der Waals surface area contributed by atoms with Crippen LogP contribution in [0.15, 0.2) is 12.2 Å². The van der Waals surface area contributed by atoms with E-state index in [1.807, 2.05) is 13.8 Å². The average molecular weight is 312 g/mol. The summed E-state index contributed by atoms with van der Waals surface area (Å²) in [5, 5.41) is 13.9. The zero-order valence-corrected chi connectivity index (χ0v) is 13.9. The Kier molecular flexibility index (Phi) is 7.03. The number of hydrogen-bond donors (Lipinski definition) is 2. The number of carbonyl (C=O) groups excluding carboxylic acids is 2. The van der Waals surface area contributed by atoms with Crippen molar-refractivity contribution in [2.45, 2.75) is 64.8 Å². The molecule has 1 amide bonds. The van der Waals surface area contributed by atoms with Crippen molar-refractivity contribution in [1.82, 2.24) is 5.32 Å². The Labute approximate surface area is 132 Å². The highest BCUT2D eigenvalue weighted by molar-refractivity contribution is 5.86. The number of ether oxygens (including phenoxy) is 1. The Hall–Kier alpha value is -1.40. The van der Waals surface area contributed by atoms with Crippen molar-refractivity contribution < 1.29 is 25.2 Å². The quantitative estimate of drug-likeness (QED) is 0.651. The first-order valence-corrected chi connectivity index (χ1v) is 7.99. The van der Waals surface area contributed by atoms with Crippen molar-refractivity contribution in [2.24, 2.45) is 11.8 Å². The summed E-state index contributed by atoms with van der Waals surface area (Å²) < 4.78 is 5.40. The molecular weight excluding hydrogens is 284 g/mol. The largest absolute Gasteiger partial charge is 0.550 e. The highest BCUT2D eigenvalue weighted by Gasteiger charge is 2.50. The lowest BCUT2D eigenvalue weighted by Crippen LogP contribution is -2.58. The van der Waals surface area contributed by atoms with Crippen LogP contribution >= 0.6 is 0 Å². The van der Waals surface area contributed by atoms with Gasteiger partial charge in [-0.15, -0.1) is 0 Å². The predicted octanol–water partition coefficient (Wildman–Crippen LogP) is -0.753. The van der Waals surface area contributed by atoms with Crippen LogP contribution in [0.25, 0.3) is 0 Å². The van der Waals surface area contributed by atoms with Gasteiger partial charge < -0.3 is 25.7 Å². The maximum Gasteiger partial charge on any atom is 0.227 e. The molecular formula is C16H28N2O4. The number of carboxylic acids is 1. The summed E-state index contributed by atoms with van der Waals surface area (Å²) >= 11 is 0. The number of quaternary nitrogens is 1. The van der Waals surface area contributed by atoms with Crippen LogP contribution in [0.3, 0.4) is 0 Å². The third-order valence-electron chi connectivity index (χ3n) is 4.17. The minimum absolute atomic E-state index is 0.0352. The van der Waals surface area contributed by atoms with Gasteiger partial charge in [0.2, 0.25) is 5.91 Å². The first kappa shape index (κ1) is 18.6. The number of hydrogen-bond acceptors (Lipinski definition) is 4. The van der Waals surface area contributed by atoms with E-state index in [-0.39, 0.29) is 11.9 Å². The summed E-state index contributed by atoms with van der Waals surface area (Å²) in [6.07, 6.45) is 4.51. The van der Waals surface area contributed by atoms with Crippen LogP contribution in [-0.4, -0.2) is 36.2 Å². The number of carboxylic acid groups (broad SMARTS) is 1. The van der Waals surface area contributed by atoms with E-state index in [0.717, 1.165) is 6.42 Å². The molecule has 2 aliphatic heterocycles. The summed E-state index contributed by atoms with van der Waals surface area (Å²) in [4.78, 5) is 23.1. The Bertz CT molecular complexity index is 422. The normalized spacial score (nSPS) is 31.1. The third kappa shape index (κ3) is 4.55. The van der Waals surface area contributed by atoms with E-state index in [9.17, 15) is 14.7 Å². The Morgan fingerprint density at radius 2 is 1.68 bits per heavy atom. The molecule has 1 saturated heterocycles. The molecule has 6 heteroatoms. The molecule has 0 spiro atoms. The minimum atomic E-state index is -1.22. The zero-order valence-electron chi connectivity index (χ0n) is 13.9. The van der Waals surface area contributed by atoms with Gasteiger partial charge in [-0.3, -0.25) is 4.79 Å². The van der Waals surface area contributed by atoms with E-state index in [1.165, 1.54) is 6.42 Å². The molecule has 22 heavy (non-hydrogen) atoms. The standard InChI is InChI=1S/C12H17NO4.C4H11N/c1-3-6(2)13-11(14)9-7-4-5-8(17-7)10(9)12(15)16;1-3-4(2)5/h4-10H,3H2,1-2H3,(H,13,14)(H,15,16);4H,3,5H2,1-2H3. The summed E-state index contributed by atoms with van der Waals surface area (Å²) in [5.74, 6) is -3.00. The van der Waals surface area contributed by atoms with Crippen molar-refractivity contribution in [1.29, 1.82) is 0 Å². The van der Waals surface area contributed by atoms with E-state index in [2.05, 4.69) is 24.9 Å². The second-order valence-corrected chi connectivity index (χ2v) is 6.15. The third-order valence-corrected chi connectivity index (χ3v) is 4.17. The highest BCUT2D eigenvalue weighted by Crippen LogP contribution is 2.38. The SMILES string of the molecule is CCC(C)NC(=O)C1C2C=CC(O2)C1C(=O)[O-].CCC(C)[NH3+]. The second kappa shape index (κ2) is 8.29.